The van der Waals surface area contributed by atoms with Crippen molar-refractivity contribution in [3.63, 3.8) is 0 Å². The van der Waals surface area contributed by atoms with Crippen molar-refractivity contribution >= 4 is 11.8 Å². The van der Waals surface area contributed by atoms with E-state index in [0.29, 0.717) is 38.2 Å². The van der Waals surface area contributed by atoms with E-state index in [1.165, 1.54) is 25.3 Å². The van der Waals surface area contributed by atoms with Gasteiger partial charge in [0.05, 0.1) is 13.7 Å². The Labute approximate surface area is 157 Å². The van der Waals surface area contributed by atoms with Crippen molar-refractivity contribution in [3.05, 3.63) is 24.0 Å². The van der Waals surface area contributed by atoms with Crippen molar-refractivity contribution in [2.45, 2.75) is 37.9 Å². The van der Waals surface area contributed by atoms with Crippen molar-refractivity contribution in [1.29, 1.82) is 0 Å². The van der Waals surface area contributed by atoms with Crippen molar-refractivity contribution in [2.75, 3.05) is 33.3 Å². The van der Waals surface area contributed by atoms with E-state index in [-0.39, 0.29) is 30.5 Å². The lowest BCUT2D eigenvalue weighted by atomic mass is 10.0. The second-order valence-corrected chi connectivity index (χ2v) is 6.88. The van der Waals surface area contributed by atoms with E-state index < -0.39 is 18.0 Å². The molecule has 1 aromatic carbocycles. The van der Waals surface area contributed by atoms with Gasteiger partial charge in [0.1, 0.15) is 18.0 Å². The van der Waals surface area contributed by atoms with Crippen molar-refractivity contribution in [3.8, 4) is 11.5 Å². The van der Waals surface area contributed by atoms with Crippen LogP contribution in [0.15, 0.2) is 18.2 Å². The predicted octanol–water partition coefficient (Wildman–Crippen LogP) is 1.19. The fourth-order valence-corrected chi connectivity index (χ4v) is 3.51. The highest BCUT2D eigenvalue weighted by molar-refractivity contribution is 5.80. The normalized spacial score (nSPS) is 22.9. The minimum Gasteiger partial charge on any atom is -0.493 e. The number of carbonyl (C=O) groups is 2. The summed E-state index contributed by atoms with van der Waals surface area (Å²) in [7, 11) is 1.42. The van der Waals surface area contributed by atoms with Crippen LogP contribution >= 0.6 is 0 Å². The van der Waals surface area contributed by atoms with Gasteiger partial charge >= 0.3 is 0 Å². The lowest BCUT2D eigenvalue weighted by Gasteiger charge is -2.36. The Balaban J connectivity index is 1.51. The van der Waals surface area contributed by atoms with Crippen molar-refractivity contribution < 1.29 is 28.6 Å². The molecule has 0 spiro atoms. The van der Waals surface area contributed by atoms with Crippen LogP contribution in [-0.2, 0) is 9.59 Å². The molecule has 0 unspecified atom stereocenters. The van der Waals surface area contributed by atoms with Crippen LogP contribution in [0.3, 0.4) is 0 Å². The molecule has 2 saturated heterocycles. The van der Waals surface area contributed by atoms with Gasteiger partial charge in [-0.05, 0) is 18.6 Å². The Bertz CT molecular complexity index is 699. The van der Waals surface area contributed by atoms with Gasteiger partial charge in [-0.1, -0.05) is 0 Å². The third kappa shape index (κ3) is 4.68. The monoisotopic (exact) mass is 380 g/mol. The number of hydrogen-bond acceptors (Lipinski definition) is 5. The van der Waals surface area contributed by atoms with Crippen LogP contribution in [0.4, 0.5) is 4.39 Å². The number of aliphatic hydroxyl groups is 1. The number of halogens is 1. The molecular weight excluding hydrogens is 355 g/mol. The third-order valence-electron chi connectivity index (χ3n) is 5.04. The Kier molecular flexibility index (Phi) is 6.15. The maximum absolute atomic E-state index is 13.3. The van der Waals surface area contributed by atoms with Gasteiger partial charge in [-0.15, -0.1) is 0 Å². The number of rotatable bonds is 6. The summed E-state index contributed by atoms with van der Waals surface area (Å²) in [4.78, 5) is 27.3. The van der Waals surface area contributed by atoms with Crippen LogP contribution in [0.25, 0.3) is 0 Å². The molecule has 0 aliphatic carbocycles. The third-order valence-corrected chi connectivity index (χ3v) is 5.04. The van der Waals surface area contributed by atoms with Gasteiger partial charge in [0.2, 0.25) is 11.8 Å². The van der Waals surface area contributed by atoms with Gasteiger partial charge < -0.3 is 24.4 Å². The fraction of sp³-hybridized carbons (Fsp3) is 0.579. The first-order valence-corrected chi connectivity index (χ1v) is 9.21. The SMILES string of the molecule is COc1cc(F)ccc1O[C@@H]1CCN(C(=O)CCN2CCCC2=O)C[C@H]1O. The average Bonchev–Trinajstić information content (AvgIpc) is 3.07. The summed E-state index contributed by atoms with van der Waals surface area (Å²) in [5, 5.41) is 10.4. The largest absolute Gasteiger partial charge is 0.493 e. The van der Waals surface area contributed by atoms with Crippen molar-refractivity contribution in [1.82, 2.24) is 9.80 Å². The molecule has 27 heavy (non-hydrogen) atoms. The van der Waals surface area contributed by atoms with Gasteiger partial charge in [-0.2, -0.15) is 0 Å². The minimum atomic E-state index is -0.856. The van der Waals surface area contributed by atoms with Crippen LogP contribution in [0.5, 0.6) is 11.5 Å². The maximum Gasteiger partial charge on any atom is 0.224 e. The second kappa shape index (κ2) is 8.56. The number of methoxy groups -OCH3 is 1. The number of piperidine rings is 1. The maximum atomic E-state index is 13.3. The highest BCUT2D eigenvalue weighted by atomic mass is 19.1. The molecule has 0 saturated carbocycles. The molecule has 0 radical (unpaired) electrons. The molecular formula is C19H25FN2O5. The standard InChI is InChI=1S/C19H25FN2O5/c1-26-17-11-13(20)4-5-16(17)27-15-6-9-22(12-14(15)23)19(25)7-10-21-8-2-3-18(21)24/h4-5,11,14-15,23H,2-3,6-10,12H2,1H3/t14-,15-/m1/s1. The molecule has 0 aromatic heterocycles. The van der Waals surface area contributed by atoms with E-state index in [9.17, 15) is 19.1 Å². The van der Waals surface area contributed by atoms with Crippen LogP contribution < -0.4 is 9.47 Å². The van der Waals surface area contributed by atoms with Gasteiger partial charge in [0.15, 0.2) is 11.5 Å². The van der Waals surface area contributed by atoms with Gasteiger partial charge in [-0.3, -0.25) is 9.59 Å². The van der Waals surface area contributed by atoms with Crippen LogP contribution in [0.2, 0.25) is 0 Å². The van der Waals surface area contributed by atoms with Gasteiger partial charge in [0, 0.05) is 45.0 Å². The van der Waals surface area contributed by atoms with Gasteiger partial charge in [-0.25, -0.2) is 4.39 Å². The topological polar surface area (TPSA) is 79.3 Å². The van der Waals surface area contributed by atoms with E-state index in [2.05, 4.69) is 0 Å². The number of β-amino-alcohol motifs (C(OH)–C–C–N with tert-alkyl or cyclic N) is 1. The summed E-state index contributed by atoms with van der Waals surface area (Å²) >= 11 is 0. The van der Waals surface area contributed by atoms with E-state index >= 15 is 0 Å². The van der Waals surface area contributed by atoms with Crippen molar-refractivity contribution in [2.24, 2.45) is 0 Å². The molecule has 2 aliphatic heterocycles. The summed E-state index contributed by atoms with van der Waals surface area (Å²) in [5.74, 6) is 0.206. The van der Waals surface area contributed by atoms with E-state index in [1.54, 1.807) is 9.80 Å². The zero-order valence-corrected chi connectivity index (χ0v) is 15.4. The first-order chi connectivity index (χ1) is 13.0. The van der Waals surface area contributed by atoms with Crippen LogP contribution in [-0.4, -0.2) is 72.2 Å². The molecule has 2 atom stereocenters. The number of aliphatic hydroxyl groups excluding tert-OH is 1. The molecule has 8 heteroatoms. The summed E-state index contributed by atoms with van der Waals surface area (Å²) in [6.45, 7) is 1.76. The van der Waals surface area contributed by atoms with E-state index in [1.807, 2.05) is 0 Å². The zero-order chi connectivity index (χ0) is 19.4. The molecule has 2 fully saturated rings. The Morgan fingerprint density at radius 2 is 2.15 bits per heavy atom. The number of ether oxygens (including phenoxy) is 2. The molecule has 3 rings (SSSR count). The molecule has 7 nitrogen and oxygen atoms in total. The molecule has 2 amide bonds. The Hall–Kier alpha value is -2.35. The fourth-order valence-electron chi connectivity index (χ4n) is 3.51. The molecule has 2 aliphatic rings. The smallest absolute Gasteiger partial charge is 0.224 e. The lowest BCUT2D eigenvalue weighted by Crippen LogP contribution is -2.51. The molecule has 2 heterocycles. The number of likely N-dealkylation sites (tertiary alicyclic amines) is 2. The molecule has 148 valence electrons. The van der Waals surface area contributed by atoms with E-state index in [0.717, 1.165) is 6.42 Å². The number of hydrogen-bond donors (Lipinski definition) is 1. The Morgan fingerprint density at radius 3 is 2.81 bits per heavy atom. The Morgan fingerprint density at radius 1 is 1.33 bits per heavy atom. The van der Waals surface area contributed by atoms with Crippen LogP contribution in [0, 0.1) is 5.82 Å². The minimum absolute atomic E-state index is 0.0773. The van der Waals surface area contributed by atoms with E-state index in [4.69, 9.17) is 9.47 Å². The zero-order valence-electron chi connectivity index (χ0n) is 15.4. The summed E-state index contributed by atoms with van der Waals surface area (Å²) in [5.41, 5.74) is 0. The highest BCUT2D eigenvalue weighted by Crippen LogP contribution is 2.30. The predicted molar refractivity (Wildman–Crippen MR) is 95.0 cm³/mol. The number of amides is 2. The number of benzene rings is 1. The second-order valence-electron chi connectivity index (χ2n) is 6.88. The summed E-state index contributed by atoms with van der Waals surface area (Å²) in [6, 6.07) is 3.95. The van der Waals surface area contributed by atoms with Gasteiger partial charge in [0.25, 0.3) is 0 Å². The quantitative estimate of drug-likeness (QED) is 0.802. The number of nitrogens with zero attached hydrogens (tertiary/aromatic N) is 2. The molecule has 0 bridgehead atoms. The highest BCUT2D eigenvalue weighted by Gasteiger charge is 2.32. The number of carbonyl (C=O) groups excluding carboxylic acids is 2. The first-order valence-electron chi connectivity index (χ1n) is 9.21. The van der Waals surface area contributed by atoms with Crippen LogP contribution in [0.1, 0.15) is 25.7 Å². The summed E-state index contributed by atoms with van der Waals surface area (Å²) < 4.78 is 24.2. The lowest BCUT2D eigenvalue weighted by molar-refractivity contribution is -0.138. The summed E-state index contributed by atoms with van der Waals surface area (Å²) in [6.07, 6.45) is 0.759. The first kappa shape index (κ1) is 19.4. The average molecular weight is 380 g/mol. The molecule has 1 aromatic rings. The molecule has 1 N–H and O–H groups in total.